The van der Waals surface area contributed by atoms with Gasteiger partial charge in [0.2, 0.25) is 22.8 Å². The summed E-state index contributed by atoms with van der Waals surface area (Å²) in [5.41, 5.74) is -6.02. The Balaban J connectivity index is 0. The third-order valence-electron chi connectivity index (χ3n) is 3.37. The number of aliphatic hydroxyl groups is 8. The van der Waals surface area contributed by atoms with E-state index in [-0.39, 0.29) is 25.1 Å². The Kier molecular flexibility index (Phi) is 12.2. The van der Waals surface area contributed by atoms with Crippen LogP contribution in [-0.4, -0.2) is 126 Å². The summed E-state index contributed by atoms with van der Waals surface area (Å²) in [5, 5.41) is 71.0. The van der Waals surface area contributed by atoms with Crippen molar-refractivity contribution in [2.45, 2.75) is 35.6 Å². The minimum absolute atomic E-state index is 0.359. The number of aldehydes is 4. The Labute approximate surface area is 156 Å². The summed E-state index contributed by atoms with van der Waals surface area (Å²) in [4.78, 5) is 62.1. The maximum absolute atomic E-state index is 10.7. The molecule has 6 unspecified atom stereocenters. The van der Waals surface area contributed by atoms with Crippen molar-refractivity contribution in [2.24, 2.45) is 0 Å². The molecule has 8 N–H and O–H groups in total. The van der Waals surface area contributed by atoms with Gasteiger partial charge in [0.1, 0.15) is 24.4 Å². The molecule has 0 aliphatic carbocycles. The van der Waals surface area contributed by atoms with Crippen molar-refractivity contribution in [3.63, 3.8) is 0 Å². The Hall–Kier alpha value is -2.30. The Bertz CT molecular complexity index is 526. The highest BCUT2D eigenvalue weighted by molar-refractivity contribution is 6.34. The lowest BCUT2D eigenvalue weighted by Crippen LogP contribution is -2.57. The molecule has 0 radical (unpaired) electrons. The molecular formula is C14H20O14. The summed E-state index contributed by atoms with van der Waals surface area (Å²) in [6.07, 6.45) is -9.74. The summed E-state index contributed by atoms with van der Waals surface area (Å²) in [7, 11) is 0. The number of hydrogen-bond acceptors (Lipinski definition) is 14. The average molecular weight is 412 g/mol. The number of ketones is 2. The van der Waals surface area contributed by atoms with Crippen molar-refractivity contribution < 1.29 is 69.6 Å². The van der Waals surface area contributed by atoms with Gasteiger partial charge in [-0.3, -0.25) is 28.8 Å². The largest absolute Gasteiger partial charge is 0.394 e. The fourth-order valence-electron chi connectivity index (χ4n) is 1.52. The van der Waals surface area contributed by atoms with E-state index in [1.54, 1.807) is 0 Å². The normalized spacial score (nSPS) is 19.1. The lowest BCUT2D eigenvalue weighted by molar-refractivity contribution is -0.168. The molecule has 0 aliphatic rings. The van der Waals surface area contributed by atoms with E-state index in [0.717, 1.165) is 0 Å². The molecule has 0 spiro atoms. The fourth-order valence-corrected chi connectivity index (χ4v) is 1.52. The minimum Gasteiger partial charge on any atom is -0.394 e. The maximum Gasteiger partial charge on any atom is 0.236 e. The van der Waals surface area contributed by atoms with E-state index in [2.05, 4.69) is 0 Å². The summed E-state index contributed by atoms with van der Waals surface area (Å²) in [5.74, 6) is -3.18. The lowest BCUT2D eigenvalue weighted by Gasteiger charge is -2.26. The van der Waals surface area contributed by atoms with Gasteiger partial charge in [-0.15, -0.1) is 0 Å². The molecular weight excluding hydrogens is 392 g/mol. The summed E-state index contributed by atoms with van der Waals surface area (Å²) < 4.78 is 0. The predicted octanol–water partition coefficient (Wildman–Crippen LogP) is -7.20. The van der Waals surface area contributed by atoms with Gasteiger partial charge in [-0.1, -0.05) is 0 Å². The molecule has 0 aliphatic heterocycles. The zero-order valence-corrected chi connectivity index (χ0v) is 14.1. The van der Waals surface area contributed by atoms with Crippen LogP contribution in [0.2, 0.25) is 0 Å². The van der Waals surface area contributed by atoms with E-state index in [1.807, 2.05) is 0 Å². The van der Waals surface area contributed by atoms with E-state index in [4.69, 9.17) is 30.6 Å². The highest BCUT2D eigenvalue weighted by atomic mass is 16.4. The molecule has 0 heterocycles. The second kappa shape index (κ2) is 12.2. The number of hydrogen-bond donors (Lipinski definition) is 8. The third-order valence-corrected chi connectivity index (χ3v) is 3.37. The predicted molar refractivity (Wildman–Crippen MR) is 82.4 cm³/mol. The summed E-state index contributed by atoms with van der Waals surface area (Å²) in [6, 6.07) is 0. The smallest absolute Gasteiger partial charge is 0.236 e. The van der Waals surface area contributed by atoms with Crippen molar-refractivity contribution in [1.82, 2.24) is 0 Å². The molecule has 0 aromatic rings. The van der Waals surface area contributed by atoms with Crippen LogP contribution in [0, 0.1) is 0 Å². The molecule has 28 heavy (non-hydrogen) atoms. The van der Waals surface area contributed by atoms with Crippen molar-refractivity contribution in [3.05, 3.63) is 0 Å². The van der Waals surface area contributed by atoms with E-state index in [1.165, 1.54) is 0 Å². The van der Waals surface area contributed by atoms with Gasteiger partial charge in [-0.25, -0.2) is 0 Å². The van der Waals surface area contributed by atoms with Crippen LogP contribution in [0.25, 0.3) is 0 Å². The first-order valence-electron chi connectivity index (χ1n) is 7.18. The van der Waals surface area contributed by atoms with Crippen LogP contribution in [0.15, 0.2) is 0 Å². The second-order valence-corrected chi connectivity index (χ2v) is 5.24. The highest BCUT2D eigenvalue weighted by Crippen LogP contribution is 2.13. The Morgan fingerprint density at radius 1 is 0.679 bits per heavy atom. The summed E-state index contributed by atoms with van der Waals surface area (Å²) in [6.45, 7) is -1.94. The minimum atomic E-state index is -3.01. The van der Waals surface area contributed by atoms with Crippen LogP contribution in [0.4, 0.5) is 0 Å². The summed E-state index contributed by atoms with van der Waals surface area (Å²) >= 11 is 0. The van der Waals surface area contributed by atoms with Gasteiger partial charge in [0.25, 0.3) is 0 Å². The van der Waals surface area contributed by atoms with E-state index in [0.29, 0.717) is 0 Å². The Morgan fingerprint density at radius 2 is 0.929 bits per heavy atom. The molecule has 0 aromatic carbocycles. The topological polar surface area (TPSA) is 264 Å². The molecule has 6 atom stereocenters. The van der Waals surface area contributed by atoms with E-state index >= 15 is 0 Å². The van der Waals surface area contributed by atoms with Crippen molar-refractivity contribution >= 4 is 36.7 Å². The van der Waals surface area contributed by atoms with Gasteiger partial charge in [-0.2, -0.15) is 0 Å². The SMILES string of the molecule is O=CC(=O)C(O)(C=O)C(O)C(O)CO.O=CC(=O)C(O)(C=O)C(O)C(O)CO. The van der Waals surface area contributed by atoms with E-state index < -0.39 is 60.4 Å². The molecule has 0 amide bonds. The maximum atomic E-state index is 10.7. The van der Waals surface area contributed by atoms with Gasteiger partial charge >= 0.3 is 0 Å². The number of carbonyl (C=O) groups is 6. The van der Waals surface area contributed by atoms with Crippen molar-refractivity contribution in [1.29, 1.82) is 0 Å². The second-order valence-electron chi connectivity index (χ2n) is 5.24. The first-order valence-corrected chi connectivity index (χ1v) is 7.18. The quantitative estimate of drug-likeness (QED) is 0.0841. The van der Waals surface area contributed by atoms with E-state index in [9.17, 15) is 39.0 Å². The Morgan fingerprint density at radius 3 is 1.07 bits per heavy atom. The molecule has 160 valence electrons. The number of aliphatic hydroxyl groups excluding tert-OH is 6. The first kappa shape index (κ1) is 27.9. The number of carbonyl (C=O) groups excluding carboxylic acids is 6. The van der Waals surface area contributed by atoms with Crippen LogP contribution < -0.4 is 0 Å². The van der Waals surface area contributed by atoms with Crippen LogP contribution in [0.1, 0.15) is 0 Å². The van der Waals surface area contributed by atoms with Crippen molar-refractivity contribution in [2.75, 3.05) is 13.2 Å². The number of Topliss-reactive ketones (excluding diaryl/α,β-unsaturated/α-hetero) is 2. The molecule has 0 aromatic heterocycles. The lowest BCUT2D eigenvalue weighted by atomic mass is 9.90. The zero-order valence-electron chi connectivity index (χ0n) is 14.1. The van der Waals surface area contributed by atoms with Crippen molar-refractivity contribution in [3.8, 4) is 0 Å². The standard InChI is InChI=1S/2C7H10O7/c2*8-1-4(11)6(13)7(14,3-10)5(12)2-9/h2*2-4,6,8,11,13-14H,1H2. The van der Waals surface area contributed by atoms with Gasteiger partial charge in [0.05, 0.1) is 13.2 Å². The van der Waals surface area contributed by atoms with Gasteiger partial charge < -0.3 is 40.9 Å². The first-order chi connectivity index (χ1) is 12.9. The zero-order chi connectivity index (χ0) is 22.7. The molecule has 0 bridgehead atoms. The molecule has 0 rings (SSSR count). The van der Waals surface area contributed by atoms with Gasteiger partial charge in [0, 0.05) is 0 Å². The van der Waals surface area contributed by atoms with Gasteiger partial charge in [0.15, 0.2) is 25.1 Å². The van der Waals surface area contributed by atoms with Crippen LogP contribution in [-0.2, 0) is 28.8 Å². The fraction of sp³-hybridized carbons (Fsp3) is 0.571. The molecule has 0 fully saturated rings. The van der Waals surface area contributed by atoms with Crippen LogP contribution >= 0.6 is 0 Å². The number of rotatable bonds is 12. The van der Waals surface area contributed by atoms with Crippen LogP contribution in [0.3, 0.4) is 0 Å². The molecule has 0 saturated heterocycles. The average Bonchev–Trinajstić information content (AvgIpc) is 2.74. The highest BCUT2D eigenvalue weighted by Gasteiger charge is 2.47. The van der Waals surface area contributed by atoms with Crippen LogP contribution in [0.5, 0.6) is 0 Å². The monoisotopic (exact) mass is 412 g/mol. The molecule has 14 heteroatoms. The van der Waals surface area contributed by atoms with Gasteiger partial charge in [-0.05, 0) is 0 Å². The molecule has 0 saturated carbocycles. The molecule has 14 nitrogen and oxygen atoms in total. The third kappa shape index (κ3) is 6.39.